The number of hydrogen-bond acceptors (Lipinski definition) is 3. The summed E-state index contributed by atoms with van der Waals surface area (Å²) in [5, 5.41) is 0. The van der Waals surface area contributed by atoms with Gasteiger partial charge in [0, 0.05) is 12.6 Å². The van der Waals surface area contributed by atoms with Crippen LogP contribution in [0.3, 0.4) is 0 Å². The van der Waals surface area contributed by atoms with Crippen LogP contribution in [0.5, 0.6) is 5.75 Å². The van der Waals surface area contributed by atoms with Crippen molar-refractivity contribution in [3.8, 4) is 5.75 Å². The number of nitrogens with zero attached hydrogens (tertiary/aromatic N) is 1. The van der Waals surface area contributed by atoms with Gasteiger partial charge in [-0.05, 0) is 49.1 Å². The lowest BCUT2D eigenvalue weighted by Gasteiger charge is -2.34. The third-order valence-corrected chi connectivity index (χ3v) is 6.44. The molecule has 0 aliphatic carbocycles. The first-order chi connectivity index (χ1) is 10.9. The number of fused-ring (bicyclic) bond motifs is 1. The summed E-state index contributed by atoms with van der Waals surface area (Å²) in [5.74, 6) is 0.390. The van der Waals surface area contributed by atoms with Crippen LogP contribution in [0, 0.1) is 6.92 Å². The van der Waals surface area contributed by atoms with Gasteiger partial charge in [-0.15, -0.1) is 0 Å². The van der Waals surface area contributed by atoms with Crippen LogP contribution in [0.25, 0.3) is 0 Å². The van der Waals surface area contributed by atoms with E-state index >= 15 is 0 Å². The Bertz CT molecular complexity index is 830. The number of aryl methyl sites for hydroxylation is 1. The van der Waals surface area contributed by atoms with Crippen molar-refractivity contribution in [1.29, 1.82) is 0 Å². The van der Waals surface area contributed by atoms with Gasteiger partial charge in [-0.2, -0.15) is 4.31 Å². The van der Waals surface area contributed by atoms with E-state index in [1.165, 1.54) is 12.7 Å². The van der Waals surface area contributed by atoms with E-state index in [-0.39, 0.29) is 10.9 Å². The van der Waals surface area contributed by atoms with E-state index in [1.807, 2.05) is 38.1 Å². The molecule has 1 aliphatic heterocycles. The third-order valence-electron chi connectivity index (χ3n) is 4.44. The largest absolute Gasteiger partial charge is 0.495 e. The molecule has 0 N–H and O–H groups in total. The van der Waals surface area contributed by atoms with Crippen LogP contribution < -0.4 is 4.74 Å². The Morgan fingerprint density at radius 3 is 2.65 bits per heavy atom. The maximum atomic E-state index is 13.2. The number of benzene rings is 2. The van der Waals surface area contributed by atoms with E-state index in [4.69, 9.17) is 4.74 Å². The van der Waals surface area contributed by atoms with Gasteiger partial charge in [0.05, 0.1) is 7.11 Å². The second-order valence-corrected chi connectivity index (χ2v) is 7.75. The average Bonchev–Trinajstić information content (AvgIpc) is 2.55. The van der Waals surface area contributed by atoms with Gasteiger partial charge in [0.25, 0.3) is 0 Å². The second-order valence-electron chi connectivity index (χ2n) is 5.89. The van der Waals surface area contributed by atoms with Crippen molar-refractivity contribution in [3.05, 3.63) is 59.2 Å². The number of sulfonamides is 1. The minimum absolute atomic E-state index is 0.185. The zero-order chi connectivity index (χ0) is 16.6. The number of methoxy groups -OCH3 is 1. The van der Waals surface area contributed by atoms with Crippen molar-refractivity contribution in [2.75, 3.05) is 13.7 Å². The van der Waals surface area contributed by atoms with Crippen LogP contribution in [-0.2, 0) is 16.4 Å². The number of hydrogen-bond donors (Lipinski definition) is 0. The fraction of sp³-hybridized carbons (Fsp3) is 0.333. The highest BCUT2D eigenvalue weighted by Gasteiger charge is 2.35. The molecule has 0 radical (unpaired) electrons. The molecule has 5 heteroatoms. The van der Waals surface area contributed by atoms with Crippen molar-refractivity contribution >= 4 is 10.0 Å². The second kappa shape index (κ2) is 5.98. The number of rotatable bonds is 3. The van der Waals surface area contributed by atoms with Crippen molar-refractivity contribution < 1.29 is 13.2 Å². The molecule has 1 atom stereocenters. The standard InChI is InChI=1S/C18H21NO3S/c1-13-8-9-17(22-3)18(12-13)23(20,21)19-11-10-15-6-4-5-7-16(15)14(19)2/h4-9,12,14H,10-11H2,1-3H3. The highest BCUT2D eigenvalue weighted by molar-refractivity contribution is 7.89. The van der Waals surface area contributed by atoms with E-state index in [0.717, 1.165) is 17.5 Å². The van der Waals surface area contributed by atoms with Gasteiger partial charge in [0.1, 0.15) is 10.6 Å². The molecule has 23 heavy (non-hydrogen) atoms. The Hall–Kier alpha value is -1.85. The molecule has 0 saturated carbocycles. The predicted octanol–water partition coefficient (Wildman–Crippen LogP) is 3.31. The van der Waals surface area contributed by atoms with Gasteiger partial charge < -0.3 is 4.74 Å². The van der Waals surface area contributed by atoms with Crippen molar-refractivity contribution in [1.82, 2.24) is 4.31 Å². The van der Waals surface area contributed by atoms with Gasteiger partial charge in [-0.3, -0.25) is 0 Å². The van der Waals surface area contributed by atoms with Crippen molar-refractivity contribution in [2.45, 2.75) is 31.2 Å². The molecule has 1 heterocycles. The molecule has 122 valence electrons. The summed E-state index contributed by atoms with van der Waals surface area (Å²) in [7, 11) is -2.11. The van der Waals surface area contributed by atoms with E-state index in [9.17, 15) is 8.42 Å². The fourth-order valence-electron chi connectivity index (χ4n) is 3.19. The summed E-state index contributed by atoms with van der Waals surface area (Å²) in [5.41, 5.74) is 3.20. The summed E-state index contributed by atoms with van der Waals surface area (Å²) < 4.78 is 33.2. The Morgan fingerprint density at radius 1 is 1.17 bits per heavy atom. The Labute approximate surface area is 137 Å². The van der Waals surface area contributed by atoms with Crippen molar-refractivity contribution in [3.63, 3.8) is 0 Å². The summed E-state index contributed by atoms with van der Waals surface area (Å²) in [6.45, 7) is 4.31. The van der Waals surface area contributed by atoms with Gasteiger partial charge in [-0.1, -0.05) is 30.3 Å². The van der Waals surface area contributed by atoms with Crippen LogP contribution in [0.1, 0.15) is 29.7 Å². The normalized spacial score (nSPS) is 18.5. The van der Waals surface area contributed by atoms with Gasteiger partial charge in [-0.25, -0.2) is 8.42 Å². The molecular formula is C18H21NO3S. The first-order valence-electron chi connectivity index (χ1n) is 7.69. The predicted molar refractivity (Wildman–Crippen MR) is 90.2 cm³/mol. The molecule has 0 bridgehead atoms. The summed E-state index contributed by atoms with van der Waals surface area (Å²) >= 11 is 0. The minimum Gasteiger partial charge on any atom is -0.495 e. The molecule has 0 aromatic heterocycles. The molecule has 0 spiro atoms. The average molecular weight is 331 g/mol. The van der Waals surface area contributed by atoms with E-state index in [2.05, 4.69) is 6.07 Å². The molecule has 1 unspecified atom stereocenters. The van der Waals surface area contributed by atoms with Gasteiger partial charge in [0.2, 0.25) is 10.0 Å². The molecule has 4 nitrogen and oxygen atoms in total. The van der Waals surface area contributed by atoms with Crippen LogP contribution >= 0.6 is 0 Å². The first-order valence-corrected chi connectivity index (χ1v) is 9.13. The lowest BCUT2D eigenvalue weighted by molar-refractivity contribution is 0.323. The first kappa shape index (κ1) is 16.0. The minimum atomic E-state index is -3.61. The van der Waals surface area contributed by atoms with Gasteiger partial charge >= 0.3 is 0 Å². The number of ether oxygens (including phenoxy) is 1. The molecule has 0 fully saturated rings. The summed E-state index contributed by atoms with van der Waals surface area (Å²) in [4.78, 5) is 0.242. The highest BCUT2D eigenvalue weighted by Crippen LogP contribution is 2.36. The summed E-state index contributed by atoms with van der Waals surface area (Å²) in [6, 6.07) is 13.1. The Kier molecular flexibility index (Phi) is 4.17. The monoisotopic (exact) mass is 331 g/mol. The zero-order valence-electron chi connectivity index (χ0n) is 13.6. The van der Waals surface area contributed by atoms with E-state index in [1.54, 1.807) is 16.4 Å². The molecule has 3 rings (SSSR count). The molecule has 0 saturated heterocycles. The zero-order valence-corrected chi connectivity index (χ0v) is 14.4. The maximum Gasteiger partial charge on any atom is 0.247 e. The van der Waals surface area contributed by atoms with E-state index in [0.29, 0.717) is 12.3 Å². The van der Waals surface area contributed by atoms with Crippen molar-refractivity contribution in [2.24, 2.45) is 0 Å². The lowest BCUT2D eigenvalue weighted by Crippen LogP contribution is -2.38. The van der Waals surface area contributed by atoms with Crippen LogP contribution in [0.15, 0.2) is 47.4 Å². The van der Waals surface area contributed by atoms with Crippen LogP contribution in [-0.4, -0.2) is 26.4 Å². The van der Waals surface area contributed by atoms with Gasteiger partial charge in [0.15, 0.2) is 0 Å². The molecule has 2 aromatic rings. The Balaban J connectivity index is 2.06. The SMILES string of the molecule is COc1ccc(C)cc1S(=O)(=O)N1CCc2ccccc2C1C. The fourth-order valence-corrected chi connectivity index (χ4v) is 5.04. The van der Waals surface area contributed by atoms with Crippen LogP contribution in [0.2, 0.25) is 0 Å². The topological polar surface area (TPSA) is 46.6 Å². The lowest BCUT2D eigenvalue weighted by atomic mass is 9.96. The molecule has 2 aromatic carbocycles. The highest BCUT2D eigenvalue weighted by atomic mass is 32.2. The molecule has 0 amide bonds. The molecular weight excluding hydrogens is 310 g/mol. The molecule has 1 aliphatic rings. The maximum absolute atomic E-state index is 13.2. The Morgan fingerprint density at radius 2 is 1.91 bits per heavy atom. The summed E-state index contributed by atoms with van der Waals surface area (Å²) in [6.07, 6.45) is 0.730. The van der Waals surface area contributed by atoms with E-state index < -0.39 is 10.0 Å². The third kappa shape index (κ3) is 2.75. The van der Waals surface area contributed by atoms with Crippen LogP contribution in [0.4, 0.5) is 0 Å². The smallest absolute Gasteiger partial charge is 0.247 e. The quantitative estimate of drug-likeness (QED) is 0.867.